The minimum absolute atomic E-state index is 0.213. The van der Waals surface area contributed by atoms with Gasteiger partial charge in [0.05, 0.1) is 28.9 Å². The highest BCUT2D eigenvalue weighted by atomic mass is 35.5. The number of anilines is 2. The standard InChI is InChI=1S/C22H16Cl3N3O2/c1-29-14-8-6-13(7-9-14)12-30-18-11-10-15(23)20(19(18)24)28-22-21(25)26-16-4-2-3-5-17(16)27-22/h2-11H,12H2,1H3,(H,27,28). The van der Waals surface area contributed by atoms with Gasteiger partial charge < -0.3 is 14.8 Å². The van der Waals surface area contributed by atoms with Gasteiger partial charge in [0.2, 0.25) is 0 Å². The van der Waals surface area contributed by atoms with E-state index in [1.165, 1.54) is 0 Å². The number of rotatable bonds is 6. The monoisotopic (exact) mass is 459 g/mol. The first kappa shape index (κ1) is 20.5. The second-order valence-corrected chi connectivity index (χ2v) is 7.49. The van der Waals surface area contributed by atoms with E-state index in [4.69, 9.17) is 44.3 Å². The molecule has 0 aliphatic heterocycles. The van der Waals surface area contributed by atoms with Crippen molar-refractivity contribution in [3.05, 3.63) is 81.4 Å². The van der Waals surface area contributed by atoms with Gasteiger partial charge in [-0.05, 0) is 42.0 Å². The fourth-order valence-corrected chi connectivity index (χ4v) is 3.52. The predicted molar refractivity (Wildman–Crippen MR) is 122 cm³/mol. The zero-order chi connectivity index (χ0) is 21.1. The molecule has 0 saturated heterocycles. The van der Waals surface area contributed by atoms with Gasteiger partial charge in [-0.25, -0.2) is 9.97 Å². The van der Waals surface area contributed by atoms with Crippen LogP contribution < -0.4 is 14.8 Å². The first-order chi connectivity index (χ1) is 14.5. The summed E-state index contributed by atoms with van der Waals surface area (Å²) in [6.45, 7) is 0.335. The average Bonchev–Trinajstić information content (AvgIpc) is 2.76. The van der Waals surface area contributed by atoms with Crippen molar-refractivity contribution >= 4 is 57.3 Å². The Morgan fingerprint density at radius 3 is 2.27 bits per heavy atom. The number of methoxy groups -OCH3 is 1. The number of benzene rings is 3. The summed E-state index contributed by atoms with van der Waals surface area (Å²) >= 11 is 19.2. The van der Waals surface area contributed by atoms with Gasteiger partial charge in [0.1, 0.15) is 23.1 Å². The highest BCUT2D eigenvalue weighted by Gasteiger charge is 2.15. The maximum Gasteiger partial charge on any atom is 0.172 e. The molecule has 1 N–H and O–H groups in total. The molecule has 1 aromatic heterocycles. The van der Waals surface area contributed by atoms with Crippen LogP contribution >= 0.6 is 34.8 Å². The zero-order valence-corrected chi connectivity index (χ0v) is 18.1. The molecule has 0 saturated carbocycles. The summed E-state index contributed by atoms with van der Waals surface area (Å²) in [5.41, 5.74) is 2.81. The minimum atomic E-state index is 0.213. The topological polar surface area (TPSA) is 56.3 Å². The molecule has 5 nitrogen and oxygen atoms in total. The van der Waals surface area contributed by atoms with E-state index in [1.807, 2.05) is 48.5 Å². The van der Waals surface area contributed by atoms with Crippen LogP contribution in [0.2, 0.25) is 15.2 Å². The second-order valence-electron chi connectivity index (χ2n) is 6.35. The molecular formula is C22H16Cl3N3O2. The van der Waals surface area contributed by atoms with Crippen LogP contribution in [0.25, 0.3) is 11.0 Å². The molecule has 0 unspecified atom stereocenters. The van der Waals surface area contributed by atoms with E-state index in [0.717, 1.165) is 11.3 Å². The van der Waals surface area contributed by atoms with Gasteiger partial charge in [0.25, 0.3) is 0 Å². The maximum atomic E-state index is 6.57. The summed E-state index contributed by atoms with van der Waals surface area (Å²) in [5, 5.41) is 4.03. The lowest BCUT2D eigenvalue weighted by molar-refractivity contribution is 0.306. The van der Waals surface area contributed by atoms with E-state index in [0.29, 0.717) is 44.9 Å². The Bertz CT molecular complexity index is 1200. The Morgan fingerprint density at radius 1 is 0.867 bits per heavy atom. The van der Waals surface area contributed by atoms with E-state index >= 15 is 0 Å². The summed E-state index contributed by atoms with van der Waals surface area (Å²) in [6.07, 6.45) is 0. The molecule has 0 spiro atoms. The first-order valence-corrected chi connectivity index (χ1v) is 10.1. The second kappa shape index (κ2) is 8.96. The lowest BCUT2D eigenvalue weighted by atomic mass is 10.2. The van der Waals surface area contributed by atoms with E-state index in [1.54, 1.807) is 19.2 Å². The zero-order valence-electron chi connectivity index (χ0n) is 15.8. The molecule has 4 rings (SSSR count). The molecule has 0 bridgehead atoms. The summed E-state index contributed by atoms with van der Waals surface area (Å²) in [6, 6.07) is 18.4. The molecule has 4 aromatic rings. The molecular weight excluding hydrogens is 445 g/mol. The third-order valence-electron chi connectivity index (χ3n) is 4.38. The van der Waals surface area contributed by atoms with Crippen molar-refractivity contribution in [1.29, 1.82) is 0 Å². The lowest BCUT2D eigenvalue weighted by Crippen LogP contribution is -2.01. The largest absolute Gasteiger partial charge is 0.497 e. The van der Waals surface area contributed by atoms with Crippen LogP contribution in [0.4, 0.5) is 11.5 Å². The van der Waals surface area contributed by atoms with Crippen molar-refractivity contribution in [3.8, 4) is 11.5 Å². The predicted octanol–water partition coefficient (Wildman–Crippen LogP) is 6.92. The Balaban J connectivity index is 1.59. The highest BCUT2D eigenvalue weighted by Crippen LogP contribution is 2.40. The van der Waals surface area contributed by atoms with Crippen molar-refractivity contribution in [2.75, 3.05) is 12.4 Å². The maximum absolute atomic E-state index is 6.57. The number of ether oxygens (including phenoxy) is 2. The van der Waals surface area contributed by atoms with E-state index in [2.05, 4.69) is 15.3 Å². The highest BCUT2D eigenvalue weighted by molar-refractivity contribution is 6.40. The fraction of sp³-hybridized carbons (Fsp3) is 0.0909. The minimum Gasteiger partial charge on any atom is -0.497 e. The molecule has 0 amide bonds. The van der Waals surface area contributed by atoms with Crippen molar-refractivity contribution in [1.82, 2.24) is 9.97 Å². The van der Waals surface area contributed by atoms with Crippen LogP contribution in [-0.2, 0) is 6.61 Å². The molecule has 30 heavy (non-hydrogen) atoms. The number of nitrogens with zero attached hydrogens (tertiary/aromatic N) is 2. The summed E-state index contributed by atoms with van der Waals surface area (Å²) < 4.78 is 11.1. The number of fused-ring (bicyclic) bond motifs is 1. The van der Waals surface area contributed by atoms with E-state index < -0.39 is 0 Å². The van der Waals surface area contributed by atoms with Gasteiger partial charge in [-0.1, -0.05) is 59.1 Å². The molecule has 0 aliphatic rings. The molecule has 152 valence electrons. The fourth-order valence-electron chi connectivity index (χ4n) is 2.82. The van der Waals surface area contributed by atoms with Crippen LogP contribution in [0.3, 0.4) is 0 Å². The Labute approximate surface area is 188 Å². The smallest absolute Gasteiger partial charge is 0.172 e. The van der Waals surface area contributed by atoms with Crippen LogP contribution in [0.15, 0.2) is 60.7 Å². The van der Waals surface area contributed by atoms with Crippen molar-refractivity contribution < 1.29 is 9.47 Å². The number of hydrogen-bond donors (Lipinski definition) is 1. The lowest BCUT2D eigenvalue weighted by Gasteiger charge is -2.15. The van der Waals surface area contributed by atoms with Crippen molar-refractivity contribution in [2.45, 2.75) is 6.61 Å². The summed E-state index contributed by atoms with van der Waals surface area (Å²) in [4.78, 5) is 8.87. The van der Waals surface area contributed by atoms with Gasteiger partial charge >= 0.3 is 0 Å². The number of nitrogens with one attached hydrogen (secondary N) is 1. The number of hydrogen-bond acceptors (Lipinski definition) is 5. The van der Waals surface area contributed by atoms with Gasteiger partial charge in [-0.3, -0.25) is 0 Å². The molecule has 1 heterocycles. The number of para-hydroxylation sites is 2. The average molecular weight is 461 g/mol. The molecule has 3 aromatic carbocycles. The normalized spacial score (nSPS) is 10.8. The third-order valence-corrected chi connectivity index (χ3v) is 5.33. The molecule has 0 radical (unpaired) electrons. The molecule has 8 heteroatoms. The van der Waals surface area contributed by atoms with Crippen molar-refractivity contribution in [3.63, 3.8) is 0 Å². The Kier molecular flexibility index (Phi) is 6.13. The summed E-state index contributed by atoms with van der Waals surface area (Å²) in [7, 11) is 1.62. The quantitative estimate of drug-likeness (QED) is 0.338. The van der Waals surface area contributed by atoms with Crippen molar-refractivity contribution in [2.24, 2.45) is 0 Å². The SMILES string of the molecule is COc1ccc(COc2ccc(Cl)c(Nc3nc4ccccc4nc3Cl)c2Cl)cc1. The third kappa shape index (κ3) is 4.38. The molecule has 0 aliphatic carbocycles. The Morgan fingerprint density at radius 2 is 1.57 bits per heavy atom. The molecule has 0 atom stereocenters. The van der Waals surface area contributed by atoms with Crippen LogP contribution in [0.5, 0.6) is 11.5 Å². The number of halogens is 3. The summed E-state index contributed by atoms with van der Waals surface area (Å²) in [5.74, 6) is 1.61. The van der Waals surface area contributed by atoms with Crippen LogP contribution in [-0.4, -0.2) is 17.1 Å². The first-order valence-electron chi connectivity index (χ1n) is 8.98. The van der Waals surface area contributed by atoms with E-state index in [-0.39, 0.29) is 5.15 Å². The van der Waals surface area contributed by atoms with Crippen LogP contribution in [0.1, 0.15) is 5.56 Å². The number of aromatic nitrogens is 2. The van der Waals surface area contributed by atoms with Gasteiger partial charge in [-0.2, -0.15) is 0 Å². The Hall–Kier alpha value is -2.73. The van der Waals surface area contributed by atoms with Crippen LogP contribution in [0, 0.1) is 0 Å². The van der Waals surface area contributed by atoms with Gasteiger partial charge in [0.15, 0.2) is 11.0 Å². The molecule has 0 fully saturated rings. The van der Waals surface area contributed by atoms with Gasteiger partial charge in [-0.15, -0.1) is 0 Å². The van der Waals surface area contributed by atoms with Gasteiger partial charge in [0, 0.05) is 0 Å². The van der Waals surface area contributed by atoms with E-state index in [9.17, 15) is 0 Å².